The third-order valence-electron chi connectivity index (χ3n) is 2.12. The molecule has 0 bridgehead atoms. The van der Waals surface area contributed by atoms with Crippen LogP contribution < -0.4 is 11.1 Å². The number of carbonyl (C=O) groups is 1. The maximum absolute atomic E-state index is 13.2. The highest BCUT2D eigenvalue weighted by atomic mass is 19.1. The van der Waals surface area contributed by atoms with E-state index in [2.05, 4.69) is 5.32 Å². The van der Waals surface area contributed by atoms with E-state index in [0.717, 1.165) is 6.42 Å². The summed E-state index contributed by atoms with van der Waals surface area (Å²) in [6.07, 6.45) is 1.42. The first-order valence-electron chi connectivity index (χ1n) is 4.95. The second-order valence-corrected chi connectivity index (χ2v) is 3.37. The zero-order valence-corrected chi connectivity index (χ0v) is 8.66. The van der Waals surface area contributed by atoms with Gasteiger partial charge in [0.05, 0.1) is 5.69 Å². The topological polar surface area (TPSA) is 55.1 Å². The maximum atomic E-state index is 13.2. The second-order valence-electron chi connectivity index (χ2n) is 3.37. The van der Waals surface area contributed by atoms with Crippen LogP contribution in [0.1, 0.15) is 19.8 Å². The molecule has 0 aliphatic heterocycles. The predicted molar refractivity (Wildman–Crippen MR) is 57.9 cm³/mol. The number of nitrogens with two attached hydrogens (primary N) is 1. The van der Waals surface area contributed by atoms with Gasteiger partial charge in [-0.05, 0) is 18.6 Å². The Balaban J connectivity index is 2.74. The standard InChI is InChI=1S/C11H15FN2O/c1-2-5-10(11(13)15)14-9-7-4-3-6-8(9)12/h3-4,6-7,10,14H,2,5H2,1H3,(H2,13,15). The zero-order chi connectivity index (χ0) is 11.3. The fourth-order valence-electron chi connectivity index (χ4n) is 1.34. The largest absolute Gasteiger partial charge is 0.371 e. The van der Waals surface area contributed by atoms with Gasteiger partial charge < -0.3 is 11.1 Å². The predicted octanol–water partition coefficient (Wildman–Crippen LogP) is 1.89. The van der Waals surface area contributed by atoms with Crippen molar-refractivity contribution in [1.29, 1.82) is 0 Å². The van der Waals surface area contributed by atoms with Gasteiger partial charge in [-0.15, -0.1) is 0 Å². The molecule has 3 nitrogen and oxygen atoms in total. The molecule has 0 heterocycles. The minimum absolute atomic E-state index is 0.315. The summed E-state index contributed by atoms with van der Waals surface area (Å²) in [6, 6.07) is 5.72. The lowest BCUT2D eigenvalue weighted by atomic mass is 10.1. The maximum Gasteiger partial charge on any atom is 0.239 e. The first kappa shape index (κ1) is 11.5. The van der Waals surface area contributed by atoms with E-state index >= 15 is 0 Å². The molecule has 3 N–H and O–H groups in total. The van der Waals surface area contributed by atoms with Crippen molar-refractivity contribution in [2.45, 2.75) is 25.8 Å². The molecule has 0 saturated heterocycles. The number of halogens is 1. The third kappa shape index (κ3) is 3.23. The molecule has 4 heteroatoms. The van der Waals surface area contributed by atoms with Gasteiger partial charge in [-0.2, -0.15) is 0 Å². The Morgan fingerprint density at radius 2 is 2.20 bits per heavy atom. The van der Waals surface area contributed by atoms with Crippen molar-refractivity contribution in [3.05, 3.63) is 30.1 Å². The summed E-state index contributed by atoms with van der Waals surface area (Å²) in [5, 5.41) is 2.80. The fraction of sp³-hybridized carbons (Fsp3) is 0.364. The number of primary amides is 1. The normalized spacial score (nSPS) is 12.1. The molecule has 0 aliphatic carbocycles. The summed E-state index contributed by atoms with van der Waals surface area (Å²) >= 11 is 0. The number of benzene rings is 1. The molecule has 1 rings (SSSR count). The minimum atomic E-state index is -0.508. The summed E-state index contributed by atoms with van der Waals surface area (Å²) in [7, 11) is 0. The van der Waals surface area contributed by atoms with Crippen LogP contribution >= 0.6 is 0 Å². The highest BCUT2D eigenvalue weighted by Crippen LogP contribution is 2.15. The number of hydrogen-bond acceptors (Lipinski definition) is 2. The van der Waals surface area contributed by atoms with Crippen molar-refractivity contribution in [2.75, 3.05) is 5.32 Å². The van der Waals surface area contributed by atoms with Crippen molar-refractivity contribution < 1.29 is 9.18 Å². The number of carbonyl (C=O) groups excluding carboxylic acids is 1. The summed E-state index contributed by atoms with van der Waals surface area (Å²) in [5.74, 6) is -0.833. The van der Waals surface area contributed by atoms with Gasteiger partial charge >= 0.3 is 0 Å². The molecule has 82 valence electrons. The minimum Gasteiger partial charge on any atom is -0.371 e. The van der Waals surface area contributed by atoms with Crippen molar-refractivity contribution in [1.82, 2.24) is 0 Å². The lowest BCUT2D eigenvalue weighted by molar-refractivity contribution is -0.118. The number of amides is 1. The molecule has 0 aromatic heterocycles. The van der Waals surface area contributed by atoms with Crippen LogP contribution in [0.15, 0.2) is 24.3 Å². The first-order valence-corrected chi connectivity index (χ1v) is 4.95. The molecule has 0 fully saturated rings. The Morgan fingerprint density at radius 3 is 2.73 bits per heavy atom. The second kappa shape index (κ2) is 5.34. The number of anilines is 1. The van der Waals surface area contributed by atoms with Crippen molar-refractivity contribution in [3.63, 3.8) is 0 Å². The van der Waals surface area contributed by atoms with E-state index in [1.165, 1.54) is 6.07 Å². The molecule has 15 heavy (non-hydrogen) atoms. The van der Waals surface area contributed by atoms with Crippen molar-refractivity contribution in [3.8, 4) is 0 Å². The van der Waals surface area contributed by atoms with Gasteiger partial charge in [-0.1, -0.05) is 25.5 Å². The van der Waals surface area contributed by atoms with Gasteiger partial charge in [0.15, 0.2) is 0 Å². The quantitative estimate of drug-likeness (QED) is 0.779. The van der Waals surface area contributed by atoms with Crippen molar-refractivity contribution in [2.24, 2.45) is 5.73 Å². The Bertz CT molecular complexity index is 341. The molecule has 1 unspecified atom stereocenters. The van der Waals surface area contributed by atoms with Gasteiger partial charge in [0, 0.05) is 0 Å². The zero-order valence-electron chi connectivity index (χ0n) is 8.66. The van der Waals surface area contributed by atoms with Gasteiger partial charge in [-0.3, -0.25) is 4.79 Å². The molecule has 0 radical (unpaired) electrons. The highest BCUT2D eigenvalue weighted by Gasteiger charge is 2.14. The van der Waals surface area contributed by atoms with Gasteiger partial charge in [0.2, 0.25) is 5.91 Å². The van der Waals surface area contributed by atoms with Crippen LogP contribution in [0, 0.1) is 5.82 Å². The summed E-state index contributed by atoms with van der Waals surface area (Å²) in [5.41, 5.74) is 5.51. The monoisotopic (exact) mass is 210 g/mol. The Kier molecular flexibility index (Phi) is 4.09. The van der Waals surface area contributed by atoms with E-state index in [9.17, 15) is 9.18 Å². The molecule has 0 spiro atoms. The van der Waals surface area contributed by atoms with E-state index in [1.54, 1.807) is 18.2 Å². The molecular weight excluding hydrogens is 195 g/mol. The van der Waals surface area contributed by atoms with E-state index in [1.807, 2.05) is 6.92 Å². The molecule has 1 aromatic rings. The third-order valence-corrected chi connectivity index (χ3v) is 2.12. The van der Waals surface area contributed by atoms with E-state index in [0.29, 0.717) is 12.1 Å². The van der Waals surface area contributed by atoms with Gasteiger partial charge in [0.1, 0.15) is 11.9 Å². The number of para-hydroxylation sites is 1. The lowest BCUT2D eigenvalue weighted by Crippen LogP contribution is -2.35. The van der Waals surface area contributed by atoms with Gasteiger partial charge in [0.25, 0.3) is 0 Å². The summed E-state index contributed by atoms with van der Waals surface area (Å²) in [6.45, 7) is 1.94. The number of nitrogens with one attached hydrogen (secondary N) is 1. The van der Waals surface area contributed by atoms with E-state index in [4.69, 9.17) is 5.73 Å². The van der Waals surface area contributed by atoms with Crippen LogP contribution in [0.5, 0.6) is 0 Å². The number of rotatable bonds is 5. The van der Waals surface area contributed by atoms with E-state index in [-0.39, 0.29) is 5.82 Å². The highest BCUT2D eigenvalue weighted by molar-refractivity contribution is 5.82. The molecule has 0 saturated carbocycles. The van der Waals surface area contributed by atoms with Crippen LogP contribution in [0.2, 0.25) is 0 Å². The molecule has 1 atom stereocenters. The average Bonchev–Trinajstić information content (AvgIpc) is 2.20. The SMILES string of the molecule is CCCC(Nc1ccccc1F)C(N)=O. The van der Waals surface area contributed by atoms with Crippen LogP contribution in [0.25, 0.3) is 0 Å². The average molecular weight is 210 g/mol. The Labute approximate surface area is 88.5 Å². The smallest absolute Gasteiger partial charge is 0.239 e. The van der Waals surface area contributed by atoms with E-state index < -0.39 is 11.9 Å². The van der Waals surface area contributed by atoms with Crippen LogP contribution in [0.4, 0.5) is 10.1 Å². The fourth-order valence-corrected chi connectivity index (χ4v) is 1.34. The lowest BCUT2D eigenvalue weighted by Gasteiger charge is -2.16. The number of hydrogen-bond donors (Lipinski definition) is 2. The molecule has 0 aliphatic rings. The van der Waals surface area contributed by atoms with Gasteiger partial charge in [-0.25, -0.2) is 4.39 Å². The van der Waals surface area contributed by atoms with Crippen LogP contribution in [-0.2, 0) is 4.79 Å². The Morgan fingerprint density at radius 1 is 1.53 bits per heavy atom. The Hall–Kier alpha value is -1.58. The van der Waals surface area contributed by atoms with Crippen molar-refractivity contribution >= 4 is 11.6 Å². The van der Waals surface area contributed by atoms with Crippen LogP contribution in [0.3, 0.4) is 0 Å². The summed E-state index contributed by atoms with van der Waals surface area (Å²) in [4.78, 5) is 11.0. The summed E-state index contributed by atoms with van der Waals surface area (Å²) < 4.78 is 13.2. The molecular formula is C11H15FN2O. The molecule has 1 aromatic carbocycles. The van der Waals surface area contributed by atoms with Crippen LogP contribution in [-0.4, -0.2) is 11.9 Å². The molecule has 1 amide bonds. The first-order chi connectivity index (χ1) is 7.15.